The second kappa shape index (κ2) is 8.14. The number of nitrogens with one attached hydrogen (secondary N) is 2. The van der Waals surface area contributed by atoms with Gasteiger partial charge in [0, 0.05) is 29.2 Å². The van der Waals surface area contributed by atoms with Gasteiger partial charge in [-0.1, -0.05) is 29.8 Å². The van der Waals surface area contributed by atoms with E-state index in [4.69, 9.17) is 16.3 Å². The molecule has 2 aromatic carbocycles. The smallest absolute Gasteiger partial charge is 0.244 e. The van der Waals surface area contributed by atoms with Crippen molar-refractivity contribution < 1.29 is 14.3 Å². The number of amides is 2. The number of aromatic amines is 1. The number of carbonyl (C=O) groups excluding carboxylic acids is 2. The lowest BCUT2D eigenvalue weighted by atomic mass is 10.1. The molecule has 0 saturated carbocycles. The SMILES string of the molecule is COc1ccc(Cl)cc1NC(=O)CN(C)C(=O)Cc1c[nH]c2ccccc12. The fraction of sp³-hybridized carbons (Fsp3) is 0.200. The number of benzene rings is 2. The summed E-state index contributed by atoms with van der Waals surface area (Å²) in [6.07, 6.45) is 2.04. The third kappa shape index (κ3) is 4.41. The third-order valence-corrected chi connectivity index (χ3v) is 4.49. The monoisotopic (exact) mass is 385 g/mol. The highest BCUT2D eigenvalue weighted by atomic mass is 35.5. The van der Waals surface area contributed by atoms with Crippen molar-refractivity contribution in [3.05, 3.63) is 59.2 Å². The quantitative estimate of drug-likeness (QED) is 0.682. The molecule has 3 rings (SSSR count). The summed E-state index contributed by atoms with van der Waals surface area (Å²) in [4.78, 5) is 29.4. The van der Waals surface area contributed by atoms with Gasteiger partial charge >= 0.3 is 0 Å². The summed E-state index contributed by atoms with van der Waals surface area (Å²) in [7, 11) is 3.11. The Balaban J connectivity index is 1.62. The van der Waals surface area contributed by atoms with E-state index in [9.17, 15) is 9.59 Å². The molecule has 1 aromatic heterocycles. The molecule has 1 heterocycles. The van der Waals surface area contributed by atoms with E-state index in [-0.39, 0.29) is 24.8 Å². The van der Waals surface area contributed by atoms with E-state index in [0.29, 0.717) is 16.5 Å². The van der Waals surface area contributed by atoms with E-state index in [1.807, 2.05) is 30.5 Å². The average molecular weight is 386 g/mol. The lowest BCUT2D eigenvalue weighted by molar-refractivity contribution is -0.132. The van der Waals surface area contributed by atoms with Gasteiger partial charge in [0.15, 0.2) is 0 Å². The number of hydrogen-bond acceptors (Lipinski definition) is 3. The number of methoxy groups -OCH3 is 1. The van der Waals surface area contributed by atoms with E-state index in [0.717, 1.165) is 16.5 Å². The highest BCUT2D eigenvalue weighted by molar-refractivity contribution is 6.31. The number of rotatable bonds is 6. The number of halogens is 1. The van der Waals surface area contributed by atoms with Crippen LogP contribution in [0.1, 0.15) is 5.56 Å². The van der Waals surface area contributed by atoms with Crippen LogP contribution < -0.4 is 10.1 Å². The number of nitrogens with zero attached hydrogens (tertiary/aromatic N) is 1. The van der Waals surface area contributed by atoms with Crippen LogP contribution in [0.15, 0.2) is 48.7 Å². The van der Waals surface area contributed by atoms with Crippen molar-refractivity contribution >= 4 is 40.0 Å². The van der Waals surface area contributed by atoms with Crippen LogP contribution in [-0.2, 0) is 16.0 Å². The number of hydrogen-bond donors (Lipinski definition) is 2. The largest absolute Gasteiger partial charge is 0.495 e. The predicted molar refractivity (Wildman–Crippen MR) is 106 cm³/mol. The Hall–Kier alpha value is -2.99. The maximum absolute atomic E-state index is 12.5. The number of likely N-dealkylation sites (N-methyl/N-ethyl adjacent to an activating group) is 1. The van der Waals surface area contributed by atoms with Gasteiger partial charge in [0.05, 0.1) is 25.8 Å². The first-order chi connectivity index (χ1) is 13.0. The topological polar surface area (TPSA) is 74.4 Å². The fourth-order valence-electron chi connectivity index (χ4n) is 2.85. The van der Waals surface area contributed by atoms with Gasteiger partial charge in [-0.2, -0.15) is 0 Å². The van der Waals surface area contributed by atoms with Crippen molar-refractivity contribution in [1.29, 1.82) is 0 Å². The average Bonchev–Trinajstić information content (AvgIpc) is 3.05. The number of anilines is 1. The van der Waals surface area contributed by atoms with Crippen molar-refractivity contribution in [2.45, 2.75) is 6.42 Å². The van der Waals surface area contributed by atoms with Gasteiger partial charge < -0.3 is 19.9 Å². The molecule has 2 amide bonds. The number of carbonyl (C=O) groups is 2. The highest BCUT2D eigenvalue weighted by Gasteiger charge is 2.16. The Bertz CT molecular complexity index is 984. The molecule has 0 radical (unpaired) electrons. The van der Waals surface area contributed by atoms with Crippen molar-refractivity contribution in [1.82, 2.24) is 9.88 Å². The first-order valence-corrected chi connectivity index (χ1v) is 8.78. The molecule has 3 aromatic rings. The Labute approximate surface area is 162 Å². The summed E-state index contributed by atoms with van der Waals surface area (Å²) in [5.74, 6) is 0.0267. The van der Waals surface area contributed by atoms with Gasteiger partial charge in [-0.3, -0.25) is 9.59 Å². The molecule has 0 bridgehead atoms. The van der Waals surface area contributed by atoms with Crippen LogP contribution in [0.4, 0.5) is 5.69 Å². The summed E-state index contributed by atoms with van der Waals surface area (Å²) in [5, 5.41) is 4.22. The minimum Gasteiger partial charge on any atom is -0.495 e. The first-order valence-electron chi connectivity index (χ1n) is 8.40. The standard InChI is InChI=1S/C20H20ClN3O3/c1-24(12-19(25)23-17-10-14(21)7-8-18(17)27-2)20(26)9-13-11-22-16-6-4-3-5-15(13)16/h3-8,10-11,22H,9,12H2,1-2H3,(H,23,25). The zero-order valence-electron chi connectivity index (χ0n) is 15.1. The Morgan fingerprint density at radius 2 is 2.00 bits per heavy atom. The molecule has 0 aliphatic rings. The molecule has 0 fully saturated rings. The maximum Gasteiger partial charge on any atom is 0.244 e. The fourth-order valence-corrected chi connectivity index (χ4v) is 3.02. The molecular weight excluding hydrogens is 366 g/mol. The number of para-hydroxylation sites is 1. The van der Waals surface area contributed by atoms with E-state index in [1.165, 1.54) is 12.0 Å². The Morgan fingerprint density at radius 1 is 1.22 bits per heavy atom. The van der Waals surface area contributed by atoms with Gasteiger partial charge in [0.25, 0.3) is 0 Å². The van der Waals surface area contributed by atoms with Crippen LogP contribution in [0.5, 0.6) is 5.75 Å². The highest BCUT2D eigenvalue weighted by Crippen LogP contribution is 2.27. The number of ether oxygens (including phenoxy) is 1. The van der Waals surface area contributed by atoms with Gasteiger partial charge in [-0.05, 0) is 29.8 Å². The minimum atomic E-state index is -0.328. The summed E-state index contributed by atoms with van der Waals surface area (Å²) >= 11 is 5.97. The van der Waals surface area contributed by atoms with Gasteiger partial charge in [0.1, 0.15) is 5.75 Å². The summed E-state index contributed by atoms with van der Waals surface area (Å²) in [5.41, 5.74) is 2.35. The van der Waals surface area contributed by atoms with E-state index < -0.39 is 0 Å². The number of fused-ring (bicyclic) bond motifs is 1. The predicted octanol–water partition coefficient (Wildman–Crippen LogP) is 3.47. The number of aromatic nitrogens is 1. The molecule has 0 saturated heterocycles. The lowest BCUT2D eigenvalue weighted by Crippen LogP contribution is -2.35. The van der Waals surface area contributed by atoms with E-state index >= 15 is 0 Å². The zero-order chi connectivity index (χ0) is 19.4. The molecule has 27 heavy (non-hydrogen) atoms. The van der Waals surface area contributed by atoms with Crippen LogP contribution in [0.25, 0.3) is 10.9 Å². The zero-order valence-corrected chi connectivity index (χ0v) is 15.8. The minimum absolute atomic E-state index is 0.0726. The lowest BCUT2D eigenvalue weighted by Gasteiger charge is -2.17. The van der Waals surface area contributed by atoms with Crippen LogP contribution in [0, 0.1) is 0 Å². The molecular formula is C20H20ClN3O3. The molecule has 140 valence electrons. The van der Waals surface area contributed by atoms with Crippen molar-refractivity contribution in [3.63, 3.8) is 0 Å². The summed E-state index contributed by atoms with van der Waals surface area (Å²) in [6.45, 7) is -0.0726. The normalized spacial score (nSPS) is 10.6. The van der Waals surface area contributed by atoms with Crippen molar-refractivity contribution in [2.75, 3.05) is 26.0 Å². The molecule has 0 unspecified atom stereocenters. The molecule has 7 heteroatoms. The van der Waals surface area contributed by atoms with Crippen LogP contribution in [0.3, 0.4) is 0 Å². The number of H-pyrrole nitrogens is 1. The third-order valence-electron chi connectivity index (χ3n) is 4.26. The summed E-state index contributed by atoms with van der Waals surface area (Å²) < 4.78 is 5.21. The molecule has 0 aliphatic heterocycles. The Kier molecular flexibility index (Phi) is 5.66. The van der Waals surface area contributed by atoms with Gasteiger partial charge in [-0.15, -0.1) is 0 Å². The van der Waals surface area contributed by atoms with E-state index in [2.05, 4.69) is 10.3 Å². The molecule has 0 spiro atoms. The van der Waals surface area contributed by atoms with Crippen molar-refractivity contribution in [3.8, 4) is 5.75 Å². The molecule has 0 aliphatic carbocycles. The second-order valence-corrected chi connectivity index (χ2v) is 6.62. The molecule has 2 N–H and O–H groups in total. The molecule has 6 nitrogen and oxygen atoms in total. The Morgan fingerprint density at radius 3 is 2.78 bits per heavy atom. The maximum atomic E-state index is 12.5. The van der Waals surface area contributed by atoms with Crippen LogP contribution in [-0.4, -0.2) is 42.4 Å². The van der Waals surface area contributed by atoms with Crippen molar-refractivity contribution in [2.24, 2.45) is 0 Å². The first kappa shape index (κ1) is 18.8. The summed E-state index contributed by atoms with van der Waals surface area (Å²) in [6, 6.07) is 12.7. The second-order valence-electron chi connectivity index (χ2n) is 6.18. The van der Waals surface area contributed by atoms with E-state index in [1.54, 1.807) is 25.2 Å². The van der Waals surface area contributed by atoms with Crippen LogP contribution in [0.2, 0.25) is 5.02 Å². The van der Waals surface area contributed by atoms with Gasteiger partial charge in [-0.25, -0.2) is 0 Å². The molecule has 0 atom stereocenters. The van der Waals surface area contributed by atoms with Gasteiger partial charge in [0.2, 0.25) is 11.8 Å². The van der Waals surface area contributed by atoms with Crippen LogP contribution >= 0.6 is 11.6 Å².